The van der Waals surface area contributed by atoms with Gasteiger partial charge < -0.3 is 4.42 Å². The average molecular weight is 250 g/mol. The Labute approximate surface area is 107 Å². The molecule has 4 heteroatoms. The Morgan fingerprint density at radius 2 is 2.00 bits per heavy atom. The van der Waals surface area contributed by atoms with Gasteiger partial charge in [-0.1, -0.05) is 18.2 Å². The summed E-state index contributed by atoms with van der Waals surface area (Å²) in [6.45, 7) is 1.98. The Morgan fingerprint density at radius 3 is 2.89 bits per heavy atom. The van der Waals surface area contributed by atoms with E-state index in [1.807, 2.05) is 43.5 Å². The molecule has 0 aliphatic carbocycles. The summed E-state index contributed by atoms with van der Waals surface area (Å²) in [6, 6.07) is 11.3. The van der Waals surface area contributed by atoms with E-state index in [4.69, 9.17) is 4.42 Å². The number of nitrogens with zero attached hydrogens (tertiary/aromatic N) is 2. The number of imidazole rings is 1. The van der Waals surface area contributed by atoms with Gasteiger partial charge in [0.25, 0.3) is 0 Å². The van der Waals surface area contributed by atoms with Crippen LogP contribution in [0.2, 0.25) is 0 Å². The van der Waals surface area contributed by atoms with Gasteiger partial charge in [0, 0.05) is 11.6 Å². The van der Waals surface area contributed by atoms with Gasteiger partial charge in [-0.15, -0.1) is 0 Å². The molecule has 0 aliphatic heterocycles. The van der Waals surface area contributed by atoms with Crippen molar-refractivity contribution >= 4 is 27.6 Å². The standard InChI is InChI=1S/C15H10N2O2/c1-9-6-7-12-16-13-10-4-2-3-5-11(10)19-15(18)14(13)17(12)8-9/h2-8H,1H3. The highest BCUT2D eigenvalue weighted by atomic mass is 16.4. The van der Waals surface area contributed by atoms with E-state index < -0.39 is 0 Å². The zero-order valence-electron chi connectivity index (χ0n) is 10.3. The monoisotopic (exact) mass is 250 g/mol. The fourth-order valence-electron chi connectivity index (χ4n) is 2.43. The van der Waals surface area contributed by atoms with E-state index in [9.17, 15) is 4.79 Å². The van der Waals surface area contributed by atoms with Gasteiger partial charge in [0.15, 0.2) is 5.52 Å². The van der Waals surface area contributed by atoms with Gasteiger partial charge in [-0.3, -0.25) is 4.40 Å². The number of aromatic nitrogens is 2. The molecule has 4 nitrogen and oxygen atoms in total. The average Bonchev–Trinajstić information content (AvgIpc) is 2.78. The van der Waals surface area contributed by atoms with E-state index in [0.717, 1.165) is 16.6 Å². The minimum Gasteiger partial charge on any atom is -0.421 e. The maximum atomic E-state index is 12.2. The van der Waals surface area contributed by atoms with Gasteiger partial charge in [0.1, 0.15) is 16.7 Å². The summed E-state index contributed by atoms with van der Waals surface area (Å²) in [5.41, 5.74) is 3.23. The van der Waals surface area contributed by atoms with E-state index in [2.05, 4.69) is 4.98 Å². The van der Waals surface area contributed by atoms with Crippen LogP contribution in [0, 0.1) is 6.92 Å². The van der Waals surface area contributed by atoms with Crippen molar-refractivity contribution in [2.75, 3.05) is 0 Å². The first-order valence-corrected chi connectivity index (χ1v) is 6.04. The van der Waals surface area contributed by atoms with Gasteiger partial charge in [0.05, 0.1) is 0 Å². The maximum Gasteiger partial charge on any atom is 0.363 e. The number of pyridine rings is 1. The van der Waals surface area contributed by atoms with Crippen LogP contribution in [0.25, 0.3) is 27.6 Å². The first-order chi connectivity index (χ1) is 9.24. The first kappa shape index (κ1) is 10.3. The summed E-state index contributed by atoms with van der Waals surface area (Å²) >= 11 is 0. The summed E-state index contributed by atoms with van der Waals surface area (Å²) in [5.74, 6) is 0. The molecule has 0 bridgehead atoms. The SMILES string of the molecule is Cc1ccc2nc3c4ccccc4oc(=O)c3n2c1. The van der Waals surface area contributed by atoms with E-state index in [1.54, 1.807) is 10.5 Å². The highest BCUT2D eigenvalue weighted by molar-refractivity contribution is 6.02. The number of hydrogen-bond donors (Lipinski definition) is 0. The lowest BCUT2D eigenvalue weighted by Gasteiger charge is -1.98. The Balaban J connectivity index is 2.38. The molecule has 0 saturated carbocycles. The molecule has 0 amide bonds. The van der Waals surface area contributed by atoms with Crippen molar-refractivity contribution in [1.29, 1.82) is 0 Å². The van der Waals surface area contributed by atoms with E-state index >= 15 is 0 Å². The van der Waals surface area contributed by atoms with Crippen molar-refractivity contribution in [2.24, 2.45) is 0 Å². The second kappa shape index (κ2) is 3.45. The largest absolute Gasteiger partial charge is 0.421 e. The smallest absolute Gasteiger partial charge is 0.363 e. The number of fused-ring (bicyclic) bond motifs is 5. The Kier molecular flexibility index (Phi) is 1.87. The number of benzene rings is 1. The number of para-hydroxylation sites is 1. The van der Waals surface area contributed by atoms with Gasteiger partial charge in [-0.2, -0.15) is 0 Å². The molecule has 0 unspecified atom stereocenters. The normalized spacial score (nSPS) is 11.6. The topological polar surface area (TPSA) is 47.5 Å². The minimum atomic E-state index is -0.355. The molecule has 0 atom stereocenters. The van der Waals surface area contributed by atoms with Gasteiger partial charge in [-0.25, -0.2) is 9.78 Å². The summed E-state index contributed by atoms with van der Waals surface area (Å²) in [6.07, 6.45) is 1.90. The lowest BCUT2D eigenvalue weighted by atomic mass is 10.2. The van der Waals surface area contributed by atoms with Crippen LogP contribution >= 0.6 is 0 Å². The van der Waals surface area contributed by atoms with Crippen LogP contribution in [0.5, 0.6) is 0 Å². The van der Waals surface area contributed by atoms with Crippen molar-refractivity contribution in [2.45, 2.75) is 6.92 Å². The van der Waals surface area contributed by atoms with E-state index in [0.29, 0.717) is 16.6 Å². The Morgan fingerprint density at radius 1 is 1.16 bits per heavy atom. The second-order valence-electron chi connectivity index (χ2n) is 4.63. The molecule has 0 fully saturated rings. The number of rotatable bonds is 0. The van der Waals surface area contributed by atoms with Gasteiger partial charge >= 0.3 is 5.63 Å². The third-order valence-corrected chi connectivity index (χ3v) is 3.30. The van der Waals surface area contributed by atoms with Crippen LogP contribution in [0.4, 0.5) is 0 Å². The fraction of sp³-hybridized carbons (Fsp3) is 0.0667. The lowest BCUT2D eigenvalue weighted by Crippen LogP contribution is -2.02. The third kappa shape index (κ3) is 1.34. The summed E-state index contributed by atoms with van der Waals surface area (Å²) < 4.78 is 7.16. The predicted molar refractivity (Wildman–Crippen MR) is 73.5 cm³/mol. The molecule has 4 aromatic rings. The van der Waals surface area contributed by atoms with Crippen LogP contribution in [0.3, 0.4) is 0 Å². The zero-order chi connectivity index (χ0) is 13.0. The molecular formula is C15H10N2O2. The number of hydrogen-bond acceptors (Lipinski definition) is 3. The van der Waals surface area contributed by atoms with Crippen LogP contribution in [-0.2, 0) is 0 Å². The fourth-order valence-corrected chi connectivity index (χ4v) is 2.43. The molecule has 4 rings (SSSR count). The molecule has 0 spiro atoms. The predicted octanol–water partition coefficient (Wildman–Crippen LogP) is 2.90. The quantitative estimate of drug-likeness (QED) is 0.451. The van der Waals surface area contributed by atoms with Crippen molar-refractivity contribution < 1.29 is 4.42 Å². The van der Waals surface area contributed by atoms with E-state index in [1.165, 1.54) is 0 Å². The second-order valence-corrected chi connectivity index (χ2v) is 4.63. The van der Waals surface area contributed by atoms with Crippen molar-refractivity contribution in [3.8, 4) is 0 Å². The van der Waals surface area contributed by atoms with Crippen LogP contribution in [-0.4, -0.2) is 9.38 Å². The Bertz CT molecular complexity index is 995. The van der Waals surface area contributed by atoms with E-state index in [-0.39, 0.29) is 5.63 Å². The summed E-state index contributed by atoms with van der Waals surface area (Å²) in [7, 11) is 0. The third-order valence-electron chi connectivity index (χ3n) is 3.30. The summed E-state index contributed by atoms with van der Waals surface area (Å²) in [4.78, 5) is 16.7. The first-order valence-electron chi connectivity index (χ1n) is 6.04. The highest BCUT2D eigenvalue weighted by Gasteiger charge is 2.13. The van der Waals surface area contributed by atoms with Crippen molar-refractivity contribution in [3.05, 3.63) is 58.6 Å². The molecular weight excluding hydrogens is 240 g/mol. The molecule has 3 heterocycles. The van der Waals surface area contributed by atoms with Crippen LogP contribution in [0.1, 0.15) is 5.56 Å². The summed E-state index contributed by atoms with van der Waals surface area (Å²) in [5, 5.41) is 0.860. The molecule has 0 radical (unpaired) electrons. The maximum absolute atomic E-state index is 12.2. The molecule has 0 saturated heterocycles. The van der Waals surface area contributed by atoms with Crippen LogP contribution < -0.4 is 5.63 Å². The van der Waals surface area contributed by atoms with Crippen molar-refractivity contribution in [3.63, 3.8) is 0 Å². The molecule has 3 aromatic heterocycles. The molecule has 0 aliphatic rings. The molecule has 92 valence electrons. The zero-order valence-corrected chi connectivity index (χ0v) is 10.3. The van der Waals surface area contributed by atoms with Gasteiger partial charge in [-0.05, 0) is 30.7 Å². The minimum absolute atomic E-state index is 0.355. The van der Waals surface area contributed by atoms with Crippen LogP contribution in [0.15, 0.2) is 51.8 Å². The molecule has 0 N–H and O–H groups in total. The van der Waals surface area contributed by atoms with Gasteiger partial charge in [0.2, 0.25) is 0 Å². The highest BCUT2D eigenvalue weighted by Crippen LogP contribution is 2.23. The molecule has 19 heavy (non-hydrogen) atoms. The number of aryl methyl sites for hydroxylation is 1. The Hall–Kier alpha value is -2.62. The lowest BCUT2D eigenvalue weighted by molar-refractivity contribution is 0.567. The van der Waals surface area contributed by atoms with Crippen molar-refractivity contribution in [1.82, 2.24) is 9.38 Å². The molecule has 1 aromatic carbocycles.